The van der Waals surface area contributed by atoms with Gasteiger partial charge in [-0.05, 0) is 55.6 Å². The molecule has 0 atom stereocenters. The number of aryl methyl sites for hydroxylation is 1. The van der Waals surface area contributed by atoms with Crippen LogP contribution in [0.3, 0.4) is 0 Å². The zero-order valence-corrected chi connectivity index (χ0v) is 17.4. The highest BCUT2D eigenvalue weighted by atomic mass is 32.2. The van der Waals surface area contributed by atoms with Crippen molar-refractivity contribution in [2.75, 3.05) is 32.0 Å². The average molecular weight is 408 g/mol. The zero-order valence-electron chi connectivity index (χ0n) is 16.6. The Labute approximate surface area is 171 Å². The maximum atomic E-state index is 13.6. The number of hydrogen-bond acceptors (Lipinski definition) is 4. The van der Waals surface area contributed by atoms with Crippen LogP contribution in [0.25, 0.3) is 16.5 Å². The fourth-order valence-corrected chi connectivity index (χ4v) is 5.73. The van der Waals surface area contributed by atoms with Crippen molar-refractivity contribution in [3.63, 3.8) is 0 Å². The monoisotopic (exact) mass is 407 g/mol. The van der Waals surface area contributed by atoms with E-state index in [1.807, 2.05) is 36.5 Å². The van der Waals surface area contributed by atoms with Crippen LogP contribution in [-0.2, 0) is 16.4 Å². The van der Waals surface area contributed by atoms with Crippen LogP contribution in [0.5, 0.6) is 0 Å². The summed E-state index contributed by atoms with van der Waals surface area (Å²) in [7, 11) is -1.59. The van der Waals surface area contributed by atoms with E-state index in [0.29, 0.717) is 4.90 Å². The Kier molecular flexibility index (Phi) is 4.48. The first kappa shape index (κ1) is 18.5. The molecule has 6 heteroatoms. The molecular weight excluding hydrogens is 382 g/mol. The van der Waals surface area contributed by atoms with E-state index >= 15 is 0 Å². The first-order valence-electron chi connectivity index (χ1n) is 10.1. The summed E-state index contributed by atoms with van der Waals surface area (Å²) >= 11 is 0. The molecule has 2 aliphatic rings. The Hall–Kier alpha value is -2.57. The van der Waals surface area contributed by atoms with Crippen LogP contribution in [0.15, 0.2) is 59.6 Å². The van der Waals surface area contributed by atoms with Crippen LogP contribution >= 0.6 is 0 Å². The van der Waals surface area contributed by atoms with Gasteiger partial charge in [-0.3, -0.25) is 0 Å². The average Bonchev–Trinajstić information content (AvgIpc) is 3.14. The van der Waals surface area contributed by atoms with Crippen LogP contribution < -0.4 is 5.32 Å². The highest BCUT2D eigenvalue weighted by Gasteiger charge is 2.24. The lowest BCUT2D eigenvalue weighted by Gasteiger charge is -2.21. The predicted octanol–water partition coefficient (Wildman–Crippen LogP) is 3.96. The van der Waals surface area contributed by atoms with Crippen molar-refractivity contribution in [1.29, 1.82) is 0 Å². The van der Waals surface area contributed by atoms with Crippen LogP contribution in [0, 0.1) is 0 Å². The van der Waals surface area contributed by atoms with Crippen LogP contribution in [-0.4, -0.2) is 44.0 Å². The minimum atomic E-state index is -3.69. The van der Waals surface area contributed by atoms with Crippen molar-refractivity contribution in [2.45, 2.75) is 24.2 Å². The van der Waals surface area contributed by atoms with Gasteiger partial charge in [0.05, 0.1) is 10.4 Å². The number of nitrogens with one attached hydrogen (secondary N) is 1. The van der Waals surface area contributed by atoms with Crippen molar-refractivity contribution in [3.05, 3.63) is 65.9 Å². The first-order chi connectivity index (χ1) is 14.0. The summed E-state index contributed by atoms with van der Waals surface area (Å²) in [5.74, 6) is 0. The molecule has 3 heterocycles. The molecule has 150 valence electrons. The van der Waals surface area contributed by atoms with E-state index in [0.717, 1.165) is 61.1 Å². The van der Waals surface area contributed by atoms with E-state index in [2.05, 4.69) is 23.3 Å². The van der Waals surface area contributed by atoms with Gasteiger partial charge in [0.25, 0.3) is 10.0 Å². The molecule has 5 nitrogen and oxygen atoms in total. The molecule has 0 aliphatic carbocycles. The van der Waals surface area contributed by atoms with Crippen LogP contribution in [0.1, 0.15) is 24.0 Å². The molecule has 2 aromatic carbocycles. The lowest BCUT2D eigenvalue weighted by molar-refractivity contribution is 0.370. The fraction of sp³-hybridized carbons (Fsp3) is 0.304. The number of likely N-dealkylation sites (N-methyl/N-ethyl adjacent to an activating group) is 1. The maximum absolute atomic E-state index is 13.6. The second-order valence-electron chi connectivity index (χ2n) is 7.95. The van der Waals surface area contributed by atoms with Crippen LogP contribution in [0.2, 0.25) is 0 Å². The number of para-hydroxylation sites is 1. The maximum Gasteiger partial charge on any atom is 0.268 e. The van der Waals surface area contributed by atoms with Gasteiger partial charge in [0.2, 0.25) is 0 Å². The number of rotatable bonds is 3. The Morgan fingerprint density at radius 2 is 1.93 bits per heavy atom. The molecule has 0 saturated carbocycles. The van der Waals surface area contributed by atoms with E-state index in [9.17, 15) is 8.42 Å². The van der Waals surface area contributed by atoms with Gasteiger partial charge in [0, 0.05) is 42.5 Å². The van der Waals surface area contributed by atoms with Crippen molar-refractivity contribution in [1.82, 2.24) is 8.87 Å². The van der Waals surface area contributed by atoms with Gasteiger partial charge in [-0.25, -0.2) is 12.4 Å². The van der Waals surface area contributed by atoms with Crippen molar-refractivity contribution in [3.8, 4) is 0 Å². The van der Waals surface area contributed by atoms with E-state index in [1.165, 1.54) is 15.1 Å². The lowest BCUT2D eigenvalue weighted by atomic mass is 9.99. The summed E-state index contributed by atoms with van der Waals surface area (Å²) in [5, 5.41) is 4.33. The SMILES string of the molecule is CN1CC=C(c2cn(S(=O)(=O)c3ccc4c(c3)NCCC4)c3ccccc23)CC1. The molecule has 1 N–H and O–H groups in total. The Morgan fingerprint density at radius 3 is 2.76 bits per heavy atom. The molecule has 0 radical (unpaired) electrons. The van der Waals surface area contributed by atoms with Crippen molar-refractivity contribution < 1.29 is 8.42 Å². The summed E-state index contributed by atoms with van der Waals surface area (Å²) < 4.78 is 28.6. The third-order valence-electron chi connectivity index (χ3n) is 6.01. The highest BCUT2D eigenvalue weighted by molar-refractivity contribution is 7.90. The molecular formula is C23H25N3O2S. The van der Waals surface area contributed by atoms with Gasteiger partial charge in [-0.2, -0.15) is 0 Å². The molecule has 0 fully saturated rings. The second-order valence-corrected chi connectivity index (χ2v) is 9.77. The summed E-state index contributed by atoms with van der Waals surface area (Å²) in [6.07, 6.45) is 7.01. The minimum absolute atomic E-state index is 0.329. The van der Waals surface area contributed by atoms with E-state index < -0.39 is 10.0 Å². The Bertz CT molecular complexity index is 1220. The third-order valence-corrected chi connectivity index (χ3v) is 7.68. The second kappa shape index (κ2) is 7.04. The third kappa shape index (κ3) is 3.16. The van der Waals surface area contributed by atoms with Gasteiger partial charge in [0.15, 0.2) is 0 Å². The molecule has 0 saturated heterocycles. The summed E-state index contributed by atoms with van der Waals surface area (Å²) in [6.45, 7) is 2.75. The molecule has 2 aliphatic heterocycles. The van der Waals surface area contributed by atoms with E-state index in [4.69, 9.17) is 0 Å². The number of hydrogen-bond donors (Lipinski definition) is 1. The molecule has 5 rings (SSSR count). The van der Waals surface area contributed by atoms with Crippen LogP contribution in [0.4, 0.5) is 5.69 Å². The predicted molar refractivity (Wildman–Crippen MR) is 118 cm³/mol. The summed E-state index contributed by atoms with van der Waals surface area (Å²) in [5.41, 5.74) is 5.10. The molecule has 0 spiro atoms. The minimum Gasteiger partial charge on any atom is -0.385 e. The largest absolute Gasteiger partial charge is 0.385 e. The number of nitrogens with zero attached hydrogens (tertiary/aromatic N) is 2. The quantitative estimate of drug-likeness (QED) is 0.714. The number of anilines is 1. The highest BCUT2D eigenvalue weighted by Crippen LogP contribution is 2.34. The van der Waals surface area contributed by atoms with Gasteiger partial charge in [-0.15, -0.1) is 0 Å². The Morgan fingerprint density at radius 1 is 1.07 bits per heavy atom. The molecule has 29 heavy (non-hydrogen) atoms. The molecule has 0 unspecified atom stereocenters. The first-order valence-corrected chi connectivity index (χ1v) is 11.6. The van der Waals surface area contributed by atoms with Gasteiger partial charge >= 0.3 is 0 Å². The zero-order chi connectivity index (χ0) is 20.0. The van der Waals surface area contributed by atoms with Crippen molar-refractivity contribution in [2.24, 2.45) is 0 Å². The molecule has 0 amide bonds. The number of benzene rings is 2. The normalized spacial score (nSPS) is 17.6. The fourth-order valence-electron chi connectivity index (χ4n) is 4.33. The van der Waals surface area contributed by atoms with E-state index in [-0.39, 0.29) is 0 Å². The summed E-state index contributed by atoms with van der Waals surface area (Å²) in [4.78, 5) is 2.59. The van der Waals surface area contributed by atoms with Gasteiger partial charge < -0.3 is 10.2 Å². The smallest absolute Gasteiger partial charge is 0.268 e. The van der Waals surface area contributed by atoms with Crippen molar-refractivity contribution >= 4 is 32.2 Å². The molecule has 3 aromatic rings. The molecule has 0 bridgehead atoms. The van der Waals surface area contributed by atoms with Gasteiger partial charge in [0.1, 0.15) is 0 Å². The van der Waals surface area contributed by atoms with Gasteiger partial charge in [-0.1, -0.05) is 30.3 Å². The summed E-state index contributed by atoms with van der Waals surface area (Å²) in [6, 6.07) is 13.3. The number of fused-ring (bicyclic) bond motifs is 2. The Balaban J connectivity index is 1.65. The van der Waals surface area contributed by atoms with E-state index in [1.54, 1.807) is 12.1 Å². The molecule has 1 aromatic heterocycles. The standard InChI is InChI=1S/C23H25N3O2S/c1-25-13-10-17(11-14-25)21-16-26(23-7-3-2-6-20(21)23)29(27,28)19-9-8-18-5-4-12-24-22(18)15-19/h2-3,6-10,15-16,24H,4-5,11-14H2,1H3. The topological polar surface area (TPSA) is 54.3 Å². The lowest BCUT2D eigenvalue weighted by Crippen LogP contribution is -2.23. The number of aromatic nitrogens is 1.